The van der Waals surface area contributed by atoms with Crippen molar-refractivity contribution in [3.05, 3.63) is 0 Å². The highest BCUT2D eigenvalue weighted by atomic mass is 31.2. The van der Waals surface area contributed by atoms with E-state index in [0.717, 1.165) is 6.42 Å². The van der Waals surface area contributed by atoms with Crippen molar-refractivity contribution in [3.8, 4) is 0 Å². The van der Waals surface area contributed by atoms with Crippen LogP contribution in [0.25, 0.3) is 0 Å². The molecular formula is C11H23O5P. The smallest absolute Gasteiger partial charge is 0.332 e. The van der Waals surface area contributed by atoms with Gasteiger partial charge in [-0.15, -0.1) is 0 Å². The van der Waals surface area contributed by atoms with Crippen molar-refractivity contribution in [2.75, 3.05) is 6.61 Å². The zero-order valence-corrected chi connectivity index (χ0v) is 11.7. The maximum absolute atomic E-state index is 11.6. The zero-order chi connectivity index (χ0) is 13.5. The monoisotopic (exact) mass is 266 g/mol. The van der Waals surface area contributed by atoms with E-state index in [1.54, 1.807) is 13.8 Å². The van der Waals surface area contributed by atoms with Crippen LogP contribution in [0.4, 0.5) is 0 Å². The third kappa shape index (κ3) is 4.78. The van der Waals surface area contributed by atoms with Crippen LogP contribution in [-0.4, -0.2) is 27.5 Å². The van der Waals surface area contributed by atoms with Crippen LogP contribution in [0.15, 0.2) is 0 Å². The van der Waals surface area contributed by atoms with Crippen LogP contribution in [0.3, 0.4) is 0 Å². The number of carbonyl (C=O) groups excluding carboxylic acids is 1. The van der Waals surface area contributed by atoms with Gasteiger partial charge in [0.15, 0.2) is 0 Å². The average molecular weight is 266 g/mol. The first-order valence-electron chi connectivity index (χ1n) is 6.04. The van der Waals surface area contributed by atoms with Crippen LogP contribution in [0.5, 0.6) is 0 Å². The van der Waals surface area contributed by atoms with Crippen molar-refractivity contribution in [2.45, 2.75) is 58.0 Å². The molecule has 1 unspecified atom stereocenters. The third-order valence-corrected chi connectivity index (χ3v) is 4.98. The molecule has 5 nitrogen and oxygen atoms in total. The van der Waals surface area contributed by atoms with E-state index in [0.29, 0.717) is 12.8 Å². The molecule has 6 heteroatoms. The Morgan fingerprint density at radius 3 is 2.24 bits per heavy atom. The number of hydrogen-bond acceptors (Lipinski definition) is 3. The Morgan fingerprint density at radius 2 is 1.88 bits per heavy atom. The summed E-state index contributed by atoms with van der Waals surface area (Å²) in [5, 5.41) is -1.25. The molecule has 0 bridgehead atoms. The van der Waals surface area contributed by atoms with Gasteiger partial charge in [-0.3, -0.25) is 9.36 Å². The molecule has 0 aromatic carbocycles. The number of esters is 1. The number of rotatable bonds is 8. The van der Waals surface area contributed by atoms with Crippen LogP contribution in [0.1, 0.15) is 52.9 Å². The molecule has 0 saturated carbocycles. The first-order valence-corrected chi connectivity index (χ1v) is 7.65. The van der Waals surface area contributed by atoms with Gasteiger partial charge in [0.25, 0.3) is 0 Å². The molecule has 0 aliphatic heterocycles. The minimum absolute atomic E-state index is 0.207. The van der Waals surface area contributed by atoms with E-state index >= 15 is 0 Å². The second-order valence-corrected chi connectivity index (χ2v) is 6.24. The quantitative estimate of drug-likeness (QED) is 0.520. The second-order valence-electron chi connectivity index (χ2n) is 4.21. The Balaban J connectivity index is 4.93. The van der Waals surface area contributed by atoms with Crippen LogP contribution in [0, 0.1) is 0 Å². The molecule has 0 saturated heterocycles. The van der Waals surface area contributed by atoms with E-state index < -0.39 is 18.7 Å². The molecule has 0 heterocycles. The molecule has 0 rings (SSSR count). The van der Waals surface area contributed by atoms with Gasteiger partial charge in [-0.05, 0) is 19.8 Å². The SMILES string of the molecule is CCCCC(CC)(CC(=O)OCC)P(=O)(O)O. The van der Waals surface area contributed by atoms with E-state index in [2.05, 4.69) is 0 Å². The Labute approximate surface area is 103 Å². The van der Waals surface area contributed by atoms with Crippen molar-refractivity contribution in [2.24, 2.45) is 0 Å². The lowest BCUT2D eigenvalue weighted by molar-refractivity contribution is -0.144. The fourth-order valence-electron chi connectivity index (χ4n) is 1.83. The van der Waals surface area contributed by atoms with Gasteiger partial charge in [-0.2, -0.15) is 0 Å². The number of unbranched alkanes of at least 4 members (excludes halogenated alkanes) is 1. The van der Waals surface area contributed by atoms with Gasteiger partial charge in [0, 0.05) is 0 Å². The standard InChI is InChI=1S/C11H23O5P/c1-4-7-8-11(5-2,17(13,14)15)9-10(12)16-6-3/h4-9H2,1-3H3,(H2,13,14,15). The van der Waals surface area contributed by atoms with Gasteiger partial charge < -0.3 is 14.5 Å². The molecule has 0 aromatic rings. The molecule has 1 atom stereocenters. The highest BCUT2D eigenvalue weighted by Gasteiger charge is 2.46. The first-order chi connectivity index (χ1) is 7.83. The molecule has 0 aliphatic carbocycles. The van der Waals surface area contributed by atoms with E-state index in [1.165, 1.54) is 0 Å². The summed E-state index contributed by atoms with van der Waals surface area (Å²) in [4.78, 5) is 30.4. The molecule has 0 aromatic heterocycles. The number of hydrogen-bond donors (Lipinski definition) is 2. The summed E-state index contributed by atoms with van der Waals surface area (Å²) >= 11 is 0. The van der Waals surface area contributed by atoms with E-state index in [9.17, 15) is 19.1 Å². The lowest BCUT2D eigenvalue weighted by Gasteiger charge is -2.32. The molecule has 2 N–H and O–H groups in total. The first kappa shape index (κ1) is 16.6. The summed E-state index contributed by atoms with van der Waals surface area (Å²) in [7, 11) is -4.31. The van der Waals surface area contributed by atoms with Crippen LogP contribution in [-0.2, 0) is 14.1 Å². The average Bonchev–Trinajstić information content (AvgIpc) is 2.22. The fourth-order valence-corrected chi connectivity index (χ4v) is 3.03. The highest BCUT2D eigenvalue weighted by Crippen LogP contribution is 2.57. The largest absolute Gasteiger partial charge is 0.466 e. The molecule has 0 fully saturated rings. The van der Waals surface area contributed by atoms with E-state index in [4.69, 9.17) is 4.74 Å². The second kappa shape index (κ2) is 7.14. The molecule has 17 heavy (non-hydrogen) atoms. The van der Waals surface area contributed by atoms with Crippen molar-refractivity contribution in [3.63, 3.8) is 0 Å². The van der Waals surface area contributed by atoms with Crippen LogP contribution < -0.4 is 0 Å². The topological polar surface area (TPSA) is 83.8 Å². The zero-order valence-electron chi connectivity index (χ0n) is 10.8. The Morgan fingerprint density at radius 1 is 1.29 bits per heavy atom. The molecular weight excluding hydrogens is 243 g/mol. The molecule has 0 aliphatic rings. The van der Waals surface area contributed by atoms with E-state index in [-0.39, 0.29) is 19.4 Å². The van der Waals surface area contributed by atoms with Crippen molar-refractivity contribution < 1.29 is 23.9 Å². The van der Waals surface area contributed by atoms with Gasteiger partial charge >= 0.3 is 13.6 Å². The number of carbonyl (C=O) groups is 1. The normalized spacial score (nSPS) is 15.4. The Hall–Kier alpha value is -0.380. The summed E-state index contributed by atoms with van der Waals surface area (Å²) in [5.41, 5.74) is 0. The predicted molar refractivity (Wildman–Crippen MR) is 65.8 cm³/mol. The molecule has 102 valence electrons. The maximum atomic E-state index is 11.6. The maximum Gasteiger partial charge on any atom is 0.332 e. The minimum Gasteiger partial charge on any atom is -0.466 e. The van der Waals surface area contributed by atoms with Crippen LogP contribution >= 0.6 is 7.60 Å². The van der Waals surface area contributed by atoms with Crippen molar-refractivity contribution >= 4 is 13.6 Å². The van der Waals surface area contributed by atoms with E-state index in [1.807, 2.05) is 6.92 Å². The lowest BCUT2D eigenvalue weighted by atomic mass is 9.94. The van der Waals surface area contributed by atoms with Gasteiger partial charge in [0.2, 0.25) is 0 Å². The van der Waals surface area contributed by atoms with Gasteiger partial charge in [0.1, 0.15) is 0 Å². The molecule has 0 spiro atoms. The minimum atomic E-state index is -4.31. The summed E-state index contributed by atoms with van der Waals surface area (Å²) in [6.07, 6.45) is 1.95. The fraction of sp³-hybridized carbons (Fsp3) is 0.909. The van der Waals surface area contributed by atoms with Crippen molar-refractivity contribution in [1.82, 2.24) is 0 Å². The van der Waals surface area contributed by atoms with Gasteiger partial charge in [-0.1, -0.05) is 26.7 Å². The van der Waals surface area contributed by atoms with Gasteiger partial charge in [-0.25, -0.2) is 0 Å². The van der Waals surface area contributed by atoms with Crippen molar-refractivity contribution in [1.29, 1.82) is 0 Å². The highest BCUT2D eigenvalue weighted by molar-refractivity contribution is 7.53. The lowest BCUT2D eigenvalue weighted by Crippen LogP contribution is -2.32. The summed E-state index contributed by atoms with van der Waals surface area (Å²) in [6.45, 7) is 5.56. The summed E-state index contributed by atoms with van der Waals surface area (Å²) in [6, 6.07) is 0. The number of ether oxygens (including phenoxy) is 1. The summed E-state index contributed by atoms with van der Waals surface area (Å²) in [5.74, 6) is -0.534. The van der Waals surface area contributed by atoms with Gasteiger partial charge in [0.05, 0.1) is 18.2 Å². The predicted octanol–water partition coefficient (Wildman–Crippen LogP) is 2.46. The Kier molecular flexibility index (Phi) is 6.98. The molecule has 0 radical (unpaired) electrons. The molecule has 0 amide bonds. The third-order valence-electron chi connectivity index (χ3n) is 3.05. The Bertz CT molecular complexity index is 286. The summed E-state index contributed by atoms with van der Waals surface area (Å²) < 4.78 is 16.4. The van der Waals surface area contributed by atoms with Crippen LogP contribution in [0.2, 0.25) is 0 Å².